The first-order chi connectivity index (χ1) is 7.61. The third kappa shape index (κ3) is 2.17. The van der Waals surface area contributed by atoms with Crippen molar-refractivity contribution < 1.29 is 0 Å². The number of rotatable bonds is 2. The average molecular weight is 273 g/mol. The van der Waals surface area contributed by atoms with E-state index in [4.69, 9.17) is 28.9 Å². The van der Waals surface area contributed by atoms with Crippen molar-refractivity contribution in [3.05, 3.63) is 33.1 Å². The molecule has 5 heteroatoms. The van der Waals surface area contributed by atoms with Gasteiger partial charge < -0.3 is 5.73 Å². The van der Waals surface area contributed by atoms with Crippen LogP contribution in [0.15, 0.2) is 18.2 Å². The first-order valence-corrected chi connectivity index (χ1v) is 6.39. The average Bonchev–Trinajstić information content (AvgIpc) is 2.59. The Hall–Kier alpha value is -0.770. The second-order valence-corrected chi connectivity index (χ2v) is 5.26. The van der Waals surface area contributed by atoms with Gasteiger partial charge in [0.2, 0.25) is 0 Å². The summed E-state index contributed by atoms with van der Waals surface area (Å²) >= 11 is 13.5. The van der Waals surface area contributed by atoms with Gasteiger partial charge in [-0.3, -0.25) is 0 Å². The van der Waals surface area contributed by atoms with Gasteiger partial charge in [-0.2, -0.15) is 0 Å². The maximum atomic E-state index is 6.14. The molecule has 0 amide bonds. The molecule has 1 aromatic heterocycles. The number of hydrogen-bond donors (Lipinski definition) is 1. The number of anilines is 1. The van der Waals surface area contributed by atoms with Crippen LogP contribution >= 0.6 is 34.5 Å². The molecule has 0 aliphatic carbocycles. The van der Waals surface area contributed by atoms with Crippen molar-refractivity contribution in [1.82, 2.24) is 4.98 Å². The molecule has 0 spiro atoms. The predicted octanol–water partition coefficient (Wildman–Crippen LogP) is 4.26. The maximum Gasteiger partial charge on any atom is 0.180 e. The van der Waals surface area contributed by atoms with Crippen LogP contribution < -0.4 is 5.73 Å². The molecule has 84 valence electrons. The Labute approximate surface area is 108 Å². The van der Waals surface area contributed by atoms with Crippen LogP contribution in [0.1, 0.15) is 11.8 Å². The molecule has 2 N–H and O–H groups in total. The highest BCUT2D eigenvalue weighted by Gasteiger charge is 2.13. The molecule has 0 saturated carbocycles. The van der Waals surface area contributed by atoms with E-state index in [1.807, 2.05) is 6.07 Å². The molecule has 1 aromatic carbocycles. The van der Waals surface area contributed by atoms with Crippen molar-refractivity contribution in [2.24, 2.45) is 0 Å². The molecule has 0 atom stereocenters. The zero-order valence-electron chi connectivity index (χ0n) is 8.63. The van der Waals surface area contributed by atoms with Crippen molar-refractivity contribution in [3.63, 3.8) is 0 Å². The van der Waals surface area contributed by atoms with E-state index in [9.17, 15) is 0 Å². The van der Waals surface area contributed by atoms with Gasteiger partial charge in [-0.05, 0) is 24.6 Å². The largest absolute Gasteiger partial charge is 0.375 e. The minimum Gasteiger partial charge on any atom is -0.375 e. The highest BCUT2D eigenvalue weighted by Crippen LogP contribution is 2.35. The lowest BCUT2D eigenvalue weighted by Crippen LogP contribution is -1.86. The van der Waals surface area contributed by atoms with Crippen LogP contribution in [0.5, 0.6) is 0 Å². The molecule has 2 nitrogen and oxygen atoms in total. The lowest BCUT2D eigenvalue weighted by molar-refractivity contribution is 1.17. The van der Waals surface area contributed by atoms with E-state index in [1.54, 1.807) is 12.1 Å². The molecule has 0 aliphatic heterocycles. The molecule has 16 heavy (non-hydrogen) atoms. The summed E-state index contributed by atoms with van der Waals surface area (Å²) in [7, 11) is 0. The Morgan fingerprint density at radius 2 is 2.12 bits per heavy atom. The third-order valence-electron chi connectivity index (χ3n) is 2.22. The third-order valence-corrected chi connectivity index (χ3v) is 3.80. The summed E-state index contributed by atoms with van der Waals surface area (Å²) in [6.45, 7) is 2.07. The Balaban J connectivity index is 2.57. The van der Waals surface area contributed by atoms with E-state index in [2.05, 4.69) is 11.9 Å². The number of nitrogens with zero attached hydrogens (tertiary/aromatic N) is 1. The number of hydrogen-bond acceptors (Lipinski definition) is 3. The first kappa shape index (κ1) is 11.7. The van der Waals surface area contributed by atoms with Crippen molar-refractivity contribution >= 4 is 39.7 Å². The van der Waals surface area contributed by atoms with E-state index in [1.165, 1.54) is 11.3 Å². The van der Waals surface area contributed by atoms with Gasteiger partial charge in [0.1, 0.15) is 0 Å². The highest BCUT2D eigenvalue weighted by molar-refractivity contribution is 7.15. The fourth-order valence-corrected chi connectivity index (χ4v) is 2.79. The molecule has 2 rings (SSSR count). The van der Waals surface area contributed by atoms with Gasteiger partial charge >= 0.3 is 0 Å². The van der Waals surface area contributed by atoms with E-state index in [-0.39, 0.29) is 0 Å². The molecule has 0 radical (unpaired) electrons. The monoisotopic (exact) mass is 272 g/mol. The second kappa shape index (κ2) is 4.62. The fourth-order valence-electron chi connectivity index (χ4n) is 1.50. The summed E-state index contributed by atoms with van der Waals surface area (Å²) in [6.07, 6.45) is 0.892. The smallest absolute Gasteiger partial charge is 0.180 e. The minimum atomic E-state index is 0.567. The fraction of sp³-hybridized carbons (Fsp3) is 0.182. The standard InChI is InChI=1S/C11H10Cl2N2S/c1-2-9-10(15-11(14)16-9)7-4-3-6(12)5-8(7)13/h3-5H,2H2,1H3,(H2,14,15). The van der Waals surface area contributed by atoms with Gasteiger partial charge in [0.15, 0.2) is 5.13 Å². The van der Waals surface area contributed by atoms with Crippen LogP contribution in [-0.4, -0.2) is 4.98 Å². The first-order valence-electron chi connectivity index (χ1n) is 4.82. The van der Waals surface area contributed by atoms with Crippen molar-refractivity contribution in [1.29, 1.82) is 0 Å². The Morgan fingerprint density at radius 3 is 2.75 bits per heavy atom. The van der Waals surface area contributed by atoms with Crippen LogP contribution in [0.4, 0.5) is 5.13 Å². The SMILES string of the molecule is CCc1sc(N)nc1-c1ccc(Cl)cc1Cl. The van der Waals surface area contributed by atoms with Crippen LogP contribution in [0, 0.1) is 0 Å². The van der Waals surface area contributed by atoms with Gasteiger partial charge in [-0.15, -0.1) is 11.3 Å². The number of thiazole rings is 1. The van der Waals surface area contributed by atoms with E-state index < -0.39 is 0 Å². The van der Waals surface area contributed by atoms with Crippen molar-refractivity contribution in [2.45, 2.75) is 13.3 Å². The molecule has 0 unspecified atom stereocenters. The second-order valence-electron chi connectivity index (χ2n) is 3.30. The number of aromatic nitrogens is 1. The molecule has 0 bridgehead atoms. The molecule has 0 aliphatic rings. The molecular weight excluding hydrogens is 263 g/mol. The van der Waals surface area contributed by atoms with Crippen LogP contribution in [0.3, 0.4) is 0 Å². The molecular formula is C11H10Cl2N2S. The summed E-state index contributed by atoms with van der Waals surface area (Å²) in [6, 6.07) is 5.39. The molecule has 0 fully saturated rings. The van der Waals surface area contributed by atoms with Crippen LogP contribution in [0.25, 0.3) is 11.3 Å². The Kier molecular flexibility index (Phi) is 3.38. The highest BCUT2D eigenvalue weighted by atomic mass is 35.5. The van der Waals surface area contributed by atoms with Gasteiger partial charge in [0.25, 0.3) is 0 Å². The Morgan fingerprint density at radius 1 is 1.38 bits per heavy atom. The number of benzene rings is 1. The predicted molar refractivity (Wildman–Crippen MR) is 71.4 cm³/mol. The normalized spacial score (nSPS) is 10.7. The minimum absolute atomic E-state index is 0.567. The topological polar surface area (TPSA) is 38.9 Å². The molecule has 0 saturated heterocycles. The van der Waals surface area contributed by atoms with Crippen LogP contribution in [-0.2, 0) is 6.42 Å². The van der Waals surface area contributed by atoms with E-state index in [0.29, 0.717) is 15.2 Å². The van der Waals surface area contributed by atoms with Crippen molar-refractivity contribution in [2.75, 3.05) is 5.73 Å². The summed E-state index contributed by atoms with van der Waals surface area (Å²) in [5.41, 5.74) is 7.46. The number of halogens is 2. The molecule has 2 aromatic rings. The summed E-state index contributed by atoms with van der Waals surface area (Å²) in [4.78, 5) is 5.45. The molecule has 1 heterocycles. The van der Waals surface area contributed by atoms with Crippen molar-refractivity contribution in [3.8, 4) is 11.3 Å². The Bertz CT molecular complexity index is 523. The lowest BCUT2D eigenvalue weighted by Gasteiger charge is -2.03. The van der Waals surface area contributed by atoms with Gasteiger partial charge in [-0.25, -0.2) is 4.98 Å². The number of aryl methyl sites for hydroxylation is 1. The van der Waals surface area contributed by atoms with Crippen LogP contribution in [0.2, 0.25) is 10.0 Å². The zero-order valence-corrected chi connectivity index (χ0v) is 11.0. The van der Waals surface area contributed by atoms with E-state index >= 15 is 0 Å². The lowest BCUT2D eigenvalue weighted by atomic mass is 10.1. The quantitative estimate of drug-likeness (QED) is 0.887. The van der Waals surface area contributed by atoms with E-state index in [0.717, 1.165) is 22.6 Å². The van der Waals surface area contributed by atoms with Gasteiger partial charge in [0, 0.05) is 15.5 Å². The number of nitrogen functional groups attached to an aromatic ring is 1. The summed E-state index contributed by atoms with van der Waals surface area (Å²) < 4.78 is 0. The summed E-state index contributed by atoms with van der Waals surface area (Å²) in [5.74, 6) is 0. The maximum absolute atomic E-state index is 6.14. The van der Waals surface area contributed by atoms with Gasteiger partial charge in [-0.1, -0.05) is 30.1 Å². The zero-order chi connectivity index (χ0) is 11.7. The number of nitrogens with two attached hydrogens (primary N) is 1. The van der Waals surface area contributed by atoms with Gasteiger partial charge in [0.05, 0.1) is 10.7 Å². The summed E-state index contributed by atoms with van der Waals surface area (Å²) in [5, 5.41) is 1.79.